The number of benzene rings is 2. The van der Waals surface area contributed by atoms with Crippen LogP contribution in [0.25, 0.3) is 0 Å². The molecule has 10 nitrogen and oxygen atoms in total. The van der Waals surface area contributed by atoms with Gasteiger partial charge in [0.2, 0.25) is 11.8 Å². The number of nitrogens with one attached hydrogen (secondary N) is 2. The zero-order chi connectivity index (χ0) is 32.2. The Morgan fingerprint density at radius 3 is 2.26 bits per heavy atom. The number of phenols is 1. The van der Waals surface area contributed by atoms with Gasteiger partial charge in [0.1, 0.15) is 30.0 Å². The van der Waals surface area contributed by atoms with E-state index in [1.54, 1.807) is 32.9 Å². The number of rotatable bonds is 14. The SMILES string of the molecule is CCCCCCN(C(=O)C(Cc1ccc(O)cc1)NC(=O)OC(C)(C)C)C(C(=O)NCC(=O)OC)c1cc(C)ccc1C. The topological polar surface area (TPSA) is 134 Å². The van der Waals surface area contributed by atoms with Gasteiger partial charge in [-0.1, -0.05) is 62.1 Å². The number of aryl methyl sites for hydroxylation is 2. The molecule has 2 rings (SSSR count). The van der Waals surface area contributed by atoms with E-state index >= 15 is 0 Å². The van der Waals surface area contributed by atoms with E-state index in [2.05, 4.69) is 17.6 Å². The third kappa shape index (κ3) is 11.6. The van der Waals surface area contributed by atoms with Gasteiger partial charge in [0.15, 0.2) is 0 Å². The van der Waals surface area contributed by atoms with Gasteiger partial charge in [-0.15, -0.1) is 0 Å². The zero-order valence-corrected chi connectivity index (χ0v) is 26.5. The van der Waals surface area contributed by atoms with Gasteiger partial charge in [-0.2, -0.15) is 0 Å². The van der Waals surface area contributed by atoms with Crippen LogP contribution in [0.15, 0.2) is 42.5 Å². The fraction of sp³-hybridized carbons (Fsp3) is 0.515. The van der Waals surface area contributed by atoms with E-state index in [1.165, 1.54) is 24.1 Å². The van der Waals surface area contributed by atoms with Crippen LogP contribution in [0, 0.1) is 13.8 Å². The summed E-state index contributed by atoms with van der Waals surface area (Å²) in [4.78, 5) is 54.7. The number of amides is 3. The van der Waals surface area contributed by atoms with Crippen LogP contribution in [0.5, 0.6) is 5.75 Å². The third-order valence-electron chi connectivity index (χ3n) is 6.82. The number of aromatic hydroxyl groups is 1. The molecule has 0 bridgehead atoms. The van der Waals surface area contributed by atoms with Crippen LogP contribution in [0.2, 0.25) is 0 Å². The van der Waals surface area contributed by atoms with Gasteiger partial charge < -0.3 is 30.1 Å². The van der Waals surface area contributed by atoms with Crippen LogP contribution >= 0.6 is 0 Å². The van der Waals surface area contributed by atoms with Gasteiger partial charge >= 0.3 is 12.1 Å². The van der Waals surface area contributed by atoms with Crippen molar-refractivity contribution in [2.24, 2.45) is 0 Å². The Morgan fingerprint density at radius 1 is 0.977 bits per heavy atom. The second-order valence-corrected chi connectivity index (χ2v) is 11.7. The summed E-state index contributed by atoms with van der Waals surface area (Å²) < 4.78 is 10.2. The van der Waals surface area contributed by atoms with E-state index in [0.717, 1.165) is 30.4 Å². The van der Waals surface area contributed by atoms with E-state index in [0.29, 0.717) is 17.5 Å². The van der Waals surface area contributed by atoms with Gasteiger partial charge in [-0.25, -0.2) is 4.79 Å². The van der Waals surface area contributed by atoms with E-state index in [9.17, 15) is 24.3 Å². The number of unbranched alkanes of at least 4 members (excludes halogenated alkanes) is 3. The largest absolute Gasteiger partial charge is 0.508 e. The van der Waals surface area contributed by atoms with Crippen LogP contribution < -0.4 is 10.6 Å². The second-order valence-electron chi connectivity index (χ2n) is 11.7. The number of ether oxygens (including phenoxy) is 2. The Morgan fingerprint density at radius 2 is 1.65 bits per heavy atom. The molecule has 0 saturated carbocycles. The van der Waals surface area contributed by atoms with Crippen molar-refractivity contribution < 1.29 is 33.8 Å². The van der Waals surface area contributed by atoms with Crippen molar-refractivity contribution >= 4 is 23.9 Å². The maximum atomic E-state index is 14.5. The van der Waals surface area contributed by atoms with Gasteiger partial charge in [0.05, 0.1) is 7.11 Å². The monoisotopic (exact) mass is 597 g/mol. The van der Waals surface area contributed by atoms with E-state index in [-0.39, 0.29) is 25.3 Å². The molecule has 2 unspecified atom stereocenters. The first-order chi connectivity index (χ1) is 20.2. The molecule has 0 saturated heterocycles. The van der Waals surface area contributed by atoms with Gasteiger partial charge in [-0.05, 0) is 69.9 Å². The predicted octanol–water partition coefficient (Wildman–Crippen LogP) is 4.88. The summed E-state index contributed by atoms with van der Waals surface area (Å²) in [6.45, 7) is 10.9. The zero-order valence-electron chi connectivity index (χ0n) is 26.5. The highest BCUT2D eigenvalue weighted by Gasteiger charge is 2.37. The first kappa shape index (κ1) is 35.1. The molecular weight excluding hydrogens is 550 g/mol. The lowest BCUT2D eigenvalue weighted by molar-refractivity contribution is -0.144. The number of carbonyl (C=O) groups is 4. The molecule has 2 aromatic rings. The number of nitrogens with zero attached hydrogens (tertiary/aromatic N) is 1. The molecule has 0 spiro atoms. The van der Waals surface area contributed by atoms with E-state index in [1.807, 2.05) is 32.0 Å². The molecule has 43 heavy (non-hydrogen) atoms. The standard InChI is InChI=1S/C33H47N3O7/c1-8-9-10-11-18-36(29(30(39)34-21-28(38)42-7)26-19-22(2)12-13-23(26)3)31(40)27(35-32(41)43-33(4,5)6)20-24-14-16-25(37)17-15-24/h12-17,19,27,29,37H,8-11,18,20-21H2,1-7H3,(H,34,39)(H,35,41). The molecule has 3 N–H and O–H groups in total. The molecule has 10 heteroatoms. The Kier molecular flexibility index (Phi) is 13.5. The molecule has 3 amide bonds. The fourth-order valence-corrected chi connectivity index (χ4v) is 4.63. The summed E-state index contributed by atoms with van der Waals surface area (Å²) in [6, 6.07) is 9.85. The molecule has 0 radical (unpaired) electrons. The highest BCUT2D eigenvalue weighted by Crippen LogP contribution is 2.28. The summed E-state index contributed by atoms with van der Waals surface area (Å²) in [5, 5.41) is 15.1. The molecule has 2 atom stereocenters. The fourth-order valence-electron chi connectivity index (χ4n) is 4.63. The molecule has 0 aliphatic heterocycles. The summed E-state index contributed by atoms with van der Waals surface area (Å²) in [5.41, 5.74) is 2.21. The van der Waals surface area contributed by atoms with Gasteiger partial charge in [0, 0.05) is 13.0 Å². The van der Waals surface area contributed by atoms with Crippen molar-refractivity contribution in [1.82, 2.24) is 15.5 Å². The number of phenolic OH excluding ortho intramolecular Hbond substituents is 1. The molecule has 0 aromatic heterocycles. The molecule has 236 valence electrons. The Labute approximate surface area is 255 Å². The molecular formula is C33H47N3O7. The molecule has 0 fully saturated rings. The average molecular weight is 598 g/mol. The summed E-state index contributed by atoms with van der Waals surface area (Å²) in [6.07, 6.45) is 2.73. The lowest BCUT2D eigenvalue weighted by Crippen LogP contribution is -2.54. The number of esters is 1. The van der Waals surface area contributed by atoms with E-state index in [4.69, 9.17) is 9.47 Å². The average Bonchev–Trinajstić information content (AvgIpc) is 2.94. The molecule has 0 aliphatic carbocycles. The van der Waals surface area contributed by atoms with Crippen LogP contribution in [-0.4, -0.2) is 65.7 Å². The van der Waals surface area contributed by atoms with Crippen molar-refractivity contribution in [3.63, 3.8) is 0 Å². The highest BCUT2D eigenvalue weighted by atomic mass is 16.6. The minimum absolute atomic E-state index is 0.0709. The van der Waals surface area contributed by atoms with Crippen LogP contribution in [0.3, 0.4) is 0 Å². The van der Waals surface area contributed by atoms with Crippen molar-refractivity contribution in [3.05, 3.63) is 64.7 Å². The number of hydrogen-bond donors (Lipinski definition) is 3. The second kappa shape index (κ2) is 16.5. The predicted molar refractivity (Wildman–Crippen MR) is 165 cm³/mol. The minimum Gasteiger partial charge on any atom is -0.508 e. The van der Waals surface area contributed by atoms with E-state index < -0.39 is 41.6 Å². The number of hydrogen-bond acceptors (Lipinski definition) is 7. The Balaban J connectivity index is 2.62. The highest BCUT2D eigenvalue weighted by molar-refractivity contribution is 5.93. The maximum absolute atomic E-state index is 14.5. The normalized spacial score (nSPS) is 12.5. The molecule has 0 aliphatic rings. The van der Waals surface area contributed by atoms with Crippen molar-refractivity contribution in [2.45, 2.75) is 91.3 Å². The smallest absolute Gasteiger partial charge is 0.408 e. The van der Waals surface area contributed by atoms with Crippen LogP contribution in [0.4, 0.5) is 4.79 Å². The van der Waals surface area contributed by atoms with Crippen molar-refractivity contribution in [1.29, 1.82) is 0 Å². The minimum atomic E-state index is -1.09. The van der Waals surface area contributed by atoms with Gasteiger partial charge in [0.25, 0.3) is 0 Å². The number of carbonyl (C=O) groups excluding carboxylic acids is 4. The van der Waals surface area contributed by atoms with Crippen molar-refractivity contribution in [2.75, 3.05) is 20.2 Å². The quantitative estimate of drug-likeness (QED) is 0.209. The van der Waals surface area contributed by atoms with Crippen LogP contribution in [-0.2, 0) is 30.3 Å². The van der Waals surface area contributed by atoms with Gasteiger partial charge in [-0.3, -0.25) is 14.4 Å². The number of alkyl carbamates (subject to hydrolysis) is 1. The summed E-state index contributed by atoms with van der Waals surface area (Å²) in [7, 11) is 1.23. The summed E-state index contributed by atoms with van der Waals surface area (Å²) in [5.74, 6) is -1.56. The van der Waals surface area contributed by atoms with Crippen molar-refractivity contribution in [3.8, 4) is 5.75 Å². The Bertz CT molecular complexity index is 1240. The maximum Gasteiger partial charge on any atom is 0.408 e. The first-order valence-corrected chi connectivity index (χ1v) is 14.7. The third-order valence-corrected chi connectivity index (χ3v) is 6.82. The lowest BCUT2D eigenvalue weighted by Gasteiger charge is -2.35. The Hall–Kier alpha value is -4.08. The summed E-state index contributed by atoms with van der Waals surface area (Å²) >= 11 is 0. The molecule has 2 aromatic carbocycles. The number of methoxy groups -OCH3 is 1. The lowest BCUT2D eigenvalue weighted by atomic mass is 9.95. The van der Waals surface area contributed by atoms with Crippen LogP contribution in [0.1, 0.15) is 81.7 Å². The molecule has 0 heterocycles. The first-order valence-electron chi connectivity index (χ1n) is 14.7.